The van der Waals surface area contributed by atoms with E-state index in [2.05, 4.69) is 4.98 Å². The van der Waals surface area contributed by atoms with Crippen molar-refractivity contribution in [3.8, 4) is 5.75 Å². The van der Waals surface area contributed by atoms with E-state index in [1.54, 1.807) is 18.3 Å². The maximum absolute atomic E-state index is 13.1. The first-order chi connectivity index (χ1) is 9.90. The average Bonchev–Trinajstić information content (AvgIpc) is 2.45. The number of hydrogen-bond acceptors (Lipinski definition) is 3. The van der Waals surface area contributed by atoms with E-state index in [-0.39, 0.29) is 12.4 Å². The standard InChI is InChI=1S/C14H12F4N2O/c15-13-4-3-11(5-12(13)14(16,17)18)21-8-10-2-1-9(6-19)7-20-10/h1-5,7H,6,8,19H2. The van der Waals surface area contributed by atoms with Crippen LogP contribution < -0.4 is 10.5 Å². The van der Waals surface area contributed by atoms with Gasteiger partial charge in [0, 0.05) is 12.7 Å². The molecule has 0 fully saturated rings. The molecule has 0 unspecified atom stereocenters. The van der Waals surface area contributed by atoms with Gasteiger partial charge in [-0.2, -0.15) is 13.2 Å². The first-order valence-electron chi connectivity index (χ1n) is 6.03. The van der Waals surface area contributed by atoms with E-state index in [0.717, 1.165) is 17.7 Å². The lowest BCUT2D eigenvalue weighted by atomic mass is 10.2. The molecule has 2 aromatic rings. The minimum Gasteiger partial charge on any atom is -0.487 e. The van der Waals surface area contributed by atoms with Crippen molar-refractivity contribution in [3.05, 3.63) is 59.2 Å². The monoisotopic (exact) mass is 300 g/mol. The van der Waals surface area contributed by atoms with Gasteiger partial charge in [0.15, 0.2) is 0 Å². The highest BCUT2D eigenvalue weighted by Crippen LogP contribution is 2.33. The van der Waals surface area contributed by atoms with E-state index >= 15 is 0 Å². The summed E-state index contributed by atoms with van der Waals surface area (Å²) in [4.78, 5) is 4.05. The van der Waals surface area contributed by atoms with Crippen molar-refractivity contribution >= 4 is 0 Å². The van der Waals surface area contributed by atoms with Crippen LogP contribution in [0.1, 0.15) is 16.8 Å². The van der Waals surface area contributed by atoms with Crippen LogP contribution in [-0.4, -0.2) is 4.98 Å². The van der Waals surface area contributed by atoms with Crippen molar-refractivity contribution in [2.75, 3.05) is 0 Å². The van der Waals surface area contributed by atoms with Crippen LogP contribution in [0.5, 0.6) is 5.75 Å². The molecule has 0 aliphatic rings. The van der Waals surface area contributed by atoms with Crippen molar-refractivity contribution in [3.63, 3.8) is 0 Å². The van der Waals surface area contributed by atoms with Crippen LogP contribution in [0, 0.1) is 5.82 Å². The maximum atomic E-state index is 13.1. The molecule has 3 nitrogen and oxygen atoms in total. The van der Waals surface area contributed by atoms with Crippen molar-refractivity contribution in [2.45, 2.75) is 19.3 Å². The van der Waals surface area contributed by atoms with Crippen LogP contribution in [0.2, 0.25) is 0 Å². The molecule has 0 spiro atoms. The topological polar surface area (TPSA) is 48.1 Å². The molecule has 0 saturated heterocycles. The summed E-state index contributed by atoms with van der Waals surface area (Å²) in [6.07, 6.45) is -3.20. The van der Waals surface area contributed by atoms with Crippen LogP contribution in [0.4, 0.5) is 17.6 Å². The van der Waals surface area contributed by atoms with Gasteiger partial charge in [0.1, 0.15) is 18.2 Å². The van der Waals surface area contributed by atoms with Gasteiger partial charge in [0.05, 0.1) is 11.3 Å². The Bertz CT molecular complexity index is 611. The van der Waals surface area contributed by atoms with Gasteiger partial charge in [-0.25, -0.2) is 4.39 Å². The number of rotatable bonds is 4. The lowest BCUT2D eigenvalue weighted by Crippen LogP contribution is -2.08. The molecule has 1 aromatic heterocycles. The molecule has 2 N–H and O–H groups in total. The second kappa shape index (κ2) is 6.09. The summed E-state index contributed by atoms with van der Waals surface area (Å²) in [7, 11) is 0. The SMILES string of the molecule is NCc1ccc(COc2ccc(F)c(C(F)(F)F)c2)nc1. The smallest absolute Gasteiger partial charge is 0.419 e. The normalized spacial score (nSPS) is 11.5. The minimum absolute atomic E-state index is 0.0201. The van der Waals surface area contributed by atoms with E-state index in [4.69, 9.17) is 10.5 Å². The molecule has 0 amide bonds. The zero-order valence-corrected chi connectivity index (χ0v) is 10.8. The quantitative estimate of drug-likeness (QED) is 0.882. The number of hydrogen-bond donors (Lipinski definition) is 1. The summed E-state index contributed by atoms with van der Waals surface area (Å²) in [5.74, 6) is -1.41. The highest BCUT2D eigenvalue weighted by atomic mass is 19.4. The van der Waals surface area contributed by atoms with Crippen LogP contribution in [0.25, 0.3) is 0 Å². The molecule has 0 saturated carbocycles. The van der Waals surface area contributed by atoms with Crippen molar-refractivity contribution in [1.29, 1.82) is 0 Å². The zero-order chi connectivity index (χ0) is 15.5. The number of alkyl halides is 3. The Balaban J connectivity index is 2.09. The highest BCUT2D eigenvalue weighted by molar-refractivity contribution is 5.31. The molecule has 0 aliphatic carbocycles. The predicted molar refractivity (Wildman–Crippen MR) is 67.9 cm³/mol. The van der Waals surface area contributed by atoms with Crippen molar-refractivity contribution in [1.82, 2.24) is 4.98 Å². The Labute approximate surface area is 118 Å². The predicted octanol–water partition coefficient (Wildman–Crippen LogP) is 3.28. The van der Waals surface area contributed by atoms with Crippen LogP contribution in [0.15, 0.2) is 36.5 Å². The van der Waals surface area contributed by atoms with E-state index in [1.165, 1.54) is 0 Å². The Morgan fingerprint density at radius 2 is 1.90 bits per heavy atom. The first-order valence-corrected chi connectivity index (χ1v) is 6.03. The van der Waals surface area contributed by atoms with Gasteiger partial charge in [-0.3, -0.25) is 4.98 Å². The van der Waals surface area contributed by atoms with E-state index < -0.39 is 17.6 Å². The molecule has 1 aromatic carbocycles. The third-order valence-corrected chi connectivity index (χ3v) is 2.75. The average molecular weight is 300 g/mol. The van der Waals surface area contributed by atoms with E-state index in [9.17, 15) is 17.6 Å². The fourth-order valence-electron chi connectivity index (χ4n) is 1.63. The van der Waals surface area contributed by atoms with Gasteiger partial charge in [-0.05, 0) is 29.8 Å². The fourth-order valence-corrected chi connectivity index (χ4v) is 1.63. The summed E-state index contributed by atoms with van der Waals surface area (Å²) in [6, 6.07) is 5.90. The fraction of sp³-hybridized carbons (Fsp3) is 0.214. The molecule has 0 atom stereocenters. The molecular weight excluding hydrogens is 288 g/mol. The summed E-state index contributed by atoms with van der Waals surface area (Å²) in [6.45, 7) is 0.328. The molecule has 0 bridgehead atoms. The molecule has 0 aliphatic heterocycles. The number of halogens is 4. The summed E-state index contributed by atoms with van der Waals surface area (Å²) in [5.41, 5.74) is 5.43. The Morgan fingerprint density at radius 1 is 1.14 bits per heavy atom. The van der Waals surface area contributed by atoms with E-state index in [0.29, 0.717) is 18.3 Å². The Kier molecular flexibility index (Phi) is 4.42. The van der Waals surface area contributed by atoms with Crippen LogP contribution in [-0.2, 0) is 19.3 Å². The van der Waals surface area contributed by atoms with Crippen molar-refractivity contribution in [2.24, 2.45) is 5.73 Å². The molecule has 2 rings (SSSR count). The van der Waals surface area contributed by atoms with Gasteiger partial charge in [0.2, 0.25) is 0 Å². The summed E-state index contributed by atoms with van der Waals surface area (Å²) < 4.78 is 56.0. The second-order valence-corrected chi connectivity index (χ2v) is 4.29. The van der Waals surface area contributed by atoms with Crippen molar-refractivity contribution < 1.29 is 22.3 Å². The van der Waals surface area contributed by atoms with Gasteiger partial charge < -0.3 is 10.5 Å². The second-order valence-electron chi connectivity index (χ2n) is 4.29. The molecule has 7 heteroatoms. The van der Waals surface area contributed by atoms with Crippen LogP contribution >= 0.6 is 0 Å². The molecule has 112 valence electrons. The number of nitrogens with zero attached hydrogens (tertiary/aromatic N) is 1. The third-order valence-electron chi connectivity index (χ3n) is 2.75. The number of ether oxygens (including phenoxy) is 1. The molecule has 0 radical (unpaired) electrons. The lowest BCUT2D eigenvalue weighted by molar-refractivity contribution is -0.140. The maximum Gasteiger partial charge on any atom is 0.419 e. The highest BCUT2D eigenvalue weighted by Gasteiger charge is 2.34. The Hall–Kier alpha value is -2.15. The zero-order valence-electron chi connectivity index (χ0n) is 10.8. The molecule has 21 heavy (non-hydrogen) atoms. The molecular formula is C14H12F4N2O. The molecule has 1 heterocycles. The van der Waals surface area contributed by atoms with Gasteiger partial charge in [-0.1, -0.05) is 6.07 Å². The Morgan fingerprint density at radius 3 is 2.48 bits per heavy atom. The number of benzene rings is 1. The minimum atomic E-state index is -4.76. The third kappa shape index (κ3) is 3.91. The lowest BCUT2D eigenvalue weighted by Gasteiger charge is -2.11. The summed E-state index contributed by atoms with van der Waals surface area (Å²) >= 11 is 0. The summed E-state index contributed by atoms with van der Waals surface area (Å²) in [5, 5.41) is 0. The van der Waals surface area contributed by atoms with Gasteiger partial charge in [-0.15, -0.1) is 0 Å². The van der Waals surface area contributed by atoms with E-state index in [1.807, 2.05) is 0 Å². The van der Waals surface area contributed by atoms with Crippen LogP contribution in [0.3, 0.4) is 0 Å². The largest absolute Gasteiger partial charge is 0.487 e. The van der Waals surface area contributed by atoms with Gasteiger partial charge in [0.25, 0.3) is 0 Å². The van der Waals surface area contributed by atoms with Gasteiger partial charge >= 0.3 is 6.18 Å². The number of pyridine rings is 1. The number of aromatic nitrogens is 1. The first kappa shape index (κ1) is 15.2. The number of nitrogens with two attached hydrogens (primary N) is 1.